The van der Waals surface area contributed by atoms with Gasteiger partial charge in [0.25, 0.3) is 0 Å². The molecule has 5 heteroatoms. The lowest BCUT2D eigenvalue weighted by Crippen LogP contribution is -2.36. The summed E-state index contributed by atoms with van der Waals surface area (Å²) in [5.74, 6) is 0. The summed E-state index contributed by atoms with van der Waals surface area (Å²) < 4.78 is 0. The van der Waals surface area contributed by atoms with Gasteiger partial charge in [0.2, 0.25) is 0 Å². The van der Waals surface area contributed by atoms with E-state index < -0.39 is 0 Å². The minimum absolute atomic E-state index is 0.297. The number of hydrogen-bond acceptors (Lipinski definition) is 2. The Morgan fingerprint density at radius 3 is 3.10 bits per heavy atom. The molecule has 0 saturated carbocycles. The molecular formula is C15H15ClN2S2. The normalized spacial score (nSPS) is 16.8. The minimum atomic E-state index is 0.297. The van der Waals surface area contributed by atoms with Gasteiger partial charge in [0.05, 0.1) is 12.6 Å². The maximum absolute atomic E-state index is 6.03. The van der Waals surface area contributed by atoms with E-state index >= 15 is 0 Å². The molecule has 1 atom stereocenters. The third-order valence-corrected chi connectivity index (χ3v) is 4.87. The summed E-state index contributed by atoms with van der Waals surface area (Å²) in [6.07, 6.45) is 2.12. The van der Waals surface area contributed by atoms with Crippen molar-refractivity contribution >= 4 is 40.3 Å². The van der Waals surface area contributed by atoms with Crippen LogP contribution in [0, 0.1) is 0 Å². The third kappa shape index (κ3) is 3.14. The molecule has 0 amide bonds. The monoisotopic (exact) mass is 322 g/mol. The van der Waals surface area contributed by atoms with E-state index in [0.717, 1.165) is 24.4 Å². The van der Waals surface area contributed by atoms with E-state index in [2.05, 4.69) is 40.3 Å². The molecule has 0 bridgehead atoms. The van der Waals surface area contributed by atoms with Gasteiger partial charge in [0.15, 0.2) is 5.11 Å². The lowest BCUT2D eigenvalue weighted by molar-refractivity contribution is 0.630. The van der Waals surface area contributed by atoms with E-state index in [1.165, 1.54) is 16.0 Å². The second-order valence-corrected chi connectivity index (χ2v) is 6.72. The van der Waals surface area contributed by atoms with Crippen LogP contribution in [0.1, 0.15) is 28.5 Å². The number of fused-ring (bicyclic) bond motifs is 1. The van der Waals surface area contributed by atoms with Gasteiger partial charge < -0.3 is 10.6 Å². The first-order chi connectivity index (χ1) is 9.72. The van der Waals surface area contributed by atoms with Crippen molar-refractivity contribution in [2.45, 2.75) is 25.4 Å². The highest BCUT2D eigenvalue weighted by molar-refractivity contribution is 7.80. The first-order valence-corrected chi connectivity index (χ1v) is 8.24. The molecule has 1 heterocycles. The van der Waals surface area contributed by atoms with Gasteiger partial charge in [-0.3, -0.25) is 0 Å². The van der Waals surface area contributed by atoms with Crippen molar-refractivity contribution in [1.29, 1.82) is 0 Å². The summed E-state index contributed by atoms with van der Waals surface area (Å²) in [5, 5.41) is 10.3. The Kier molecular flexibility index (Phi) is 4.24. The fourth-order valence-corrected chi connectivity index (χ4v) is 3.58. The minimum Gasteiger partial charge on any atom is -0.358 e. The van der Waals surface area contributed by atoms with E-state index in [-0.39, 0.29) is 0 Å². The molecule has 1 aromatic heterocycles. The Bertz CT molecular complexity index is 610. The van der Waals surface area contributed by atoms with Crippen LogP contribution in [0.4, 0.5) is 0 Å². The van der Waals surface area contributed by atoms with Crippen molar-refractivity contribution < 1.29 is 0 Å². The zero-order valence-electron chi connectivity index (χ0n) is 10.9. The highest BCUT2D eigenvalue weighted by atomic mass is 35.5. The molecule has 0 spiro atoms. The topological polar surface area (TPSA) is 24.1 Å². The Hall–Kier alpha value is -1.10. The van der Waals surface area contributed by atoms with Crippen molar-refractivity contribution in [3.63, 3.8) is 0 Å². The Morgan fingerprint density at radius 2 is 2.30 bits per heavy atom. The van der Waals surface area contributed by atoms with E-state index in [0.29, 0.717) is 11.2 Å². The van der Waals surface area contributed by atoms with Gasteiger partial charge in [0.1, 0.15) is 0 Å². The van der Waals surface area contributed by atoms with E-state index in [1.54, 1.807) is 11.3 Å². The molecule has 1 unspecified atom stereocenters. The van der Waals surface area contributed by atoms with Crippen LogP contribution in [0.15, 0.2) is 35.7 Å². The number of hydrogen-bond donors (Lipinski definition) is 2. The van der Waals surface area contributed by atoms with Gasteiger partial charge in [0, 0.05) is 9.90 Å². The third-order valence-electron chi connectivity index (χ3n) is 3.49. The van der Waals surface area contributed by atoms with E-state index in [4.69, 9.17) is 23.8 Å². The number of benzene rings is 1. The number of nitrogens with one attached hydrogen (secondary N) is 2. The highest BCUT2D eigenvalue weighted by Gasteiger charge is 2.22. The number of rotatable bonds is 3. The van der Waals surface area contributed by atoms with Crippen LogP contribution in [-0.2, 0) is 13.0 Å². The van der Waals surface area contributed by atoms with Crippen molar-refractivity contribution in [1.82, 2.24) is 10.6 Å². The summed E-state index contributed by atoms with van der Waals surface area (Å²) in [7, 11) is 0. The zero-order chi connectivity index (χ0) is 13.9. The van der Waals surface area contributed by atoms with Crippen molar-refractivity contribution in [3.8, 4) is 0 Å². The number of thiocarbonyl (C=S) groups is 1. The standard InChI is InChI=1S/C15H15ClN2S2/c16-11-4-5-13-10(8-11)3-6-14(13)18-15(19)17-9-12-2-1-7-20-12/h1-2,4-5,7-8,14H,3,6,9H2,(H2,17,18,19). The fourth-order valence-electron chi connectivity index (χ4n) is 2.53. The maximum atomic E-state index is 6.03. The van der Waals surface area contributed by atoms with Crippen LogP contribution in [0.25, 0.3) is 0 Å². The van der Waals surface area contributed by atoms with Crippen LogP contribution in [0.5, 0.6) is 0 Å². The molecule has 1 aliphatic carbocycles. The van der Waals surface area contributed by atoms with Gasteiger partial charge in [-0.2, -0.15) is 0 Å². The molecule has 0 fully saturated rings. The number of aryl methyl sites for hydroxylation is 1. The molecule has 3 rings (SSSR count). The summed E-state index contributed by atoms with van der Waals surface area (Å²) >= 11 is 13.1. The molecule has 2 N–H and O–H groups in total. The largest absolute Gasteiger partial charge is 0.358 e. The molecule has 20 heavy (non-hydrogen) atoms. The average Bonchev–Trinajstić information content (AvgIpc) is 3.06. The van der Waals surface area contributed by atoms with Gasteiger partial charge in [-0.05, 0) is 59.8 Å². The molecule has 2 aromatic rings. The van der Waals surface area contributed by atoms with Crippen molar-refractivity contribution in [2.75, 3.05) is 0 Å². The molecule has 0 saturated heterocycles. The quantitative estimate of drug-likeness (QED) is 0.834. The van der Waals surface area contributed by atoms with Crippen LogP contribution in [0.3, 0.4) is 0 Å². The van der Waals surface area contributed by atoms with E-state index in [1.807, 2.05) is 6.07 Å². The molecule has 104 valence electrons. The molecular weight excluding hydrogens is 308 g/mol. The predicted octanol–water partition coefficient (Wildman–Crippen LogP) is 4.05. The van der Waals surface area contributed by atoms with Crippen LogP contribution >= 0.6 is 35.2 Å². The summed E-state index contributed by atoms with van der Waals surface area (Å²) in [6, 6.07) is 10.6. The average molecular weight is 323 g/mol. The van der Waals surface area contributed by atoms with Crippen molar-refractivity contribution in [2.24, 2.45) is 0 Å². The first kappa shape index (κ1) is 13.9. The molecule has 1 aliphatic rings. The lowest BCUT2D eigenvalue weighted by atomic mass is 10.1. The summed E-state index contributed by atoms with van der Waals surface area (Å²) in [5.41, 5.74) is 2.64. The van der Waals surface area contributed by atoms with Crippen LogP contribution in [0.2, 0.25) is 5.02 Å². The second-order valence-electron chi connectivity index (χ2n) is 4.84. The Morgan fingerprint density at radius 1 is 1.40 bits per heavy atom. The molecule has 0 aliphatic heterocycles. The van der Waals surface area contributed by atoms with Crippen LogP contribution < -0.4 is 10.6 Å². The SMILES string of the molecule is S=C(NCc1cccs1)NC1CCc2cc(Cl)ccc21. The van der Waals surface area contributed by atoms with E-state index in [9.17, 15) is 0 Å². The van der Waals surface area contributed by atoms with Gasteiger partial charge in [-0.25, -0.2) is 0 Å². The smallest absolute Gasteiger partial charge is 0.167 e. The summed E-state index contributed by atoms with van der Waals surface area (Å²) in [4.78, 5) is 1.28. The molecule has 1 aromatic carbocycles. The molecule has 2 nitrogen and oxygen atoms in total. The second kappa shape index (κ2) is 6.12. The van der Waals surface area contributed by atoms with Gasteiger partial charge >= 0.3 is 0 Å². The first-order valence-electron chi connectivity index (χ1n) is 6.57. The van der Waals surface area contributed by atoms with Crippen molar-refractivity contribution in [3.05, 3.63) is 56.7 Å². The Labute approximate surface area is 133 Å². The number of thiophene rings is 1. The van der Waals surface area contributed by atoms with Gasteiger partial charge in [-0.1, -0.05) is 23.7 Å². The zero-order valence-corrected chi connectivity index (χ0v) is 13.2. The summed E-state index contributed by atoms with van der Waals surface area (Å²) in [6.45, 7) is 0.781. The predicted molar refractivity (Wildman–Crippen MR) is 89.4 cm³/mol. The maximum Gasteiger partial charge on any atom is 0.167 e. The highest BCUT2D eigenvalue weighted by Crippen LogP contribution is 2.32. The van der Waals surface area contributed by atoms with Crippen LogP contribution in [-0.4, -0.2) is 5.11 Å². The molecule has 0 radical (unpaired) electrons. The lowest BCUT2D eigenvalue weighted by Gasteiger charge is -2.17. The number of halogens is 1. The van der Waals surface area contributed by atoms with Gasteiger partial charge in [-0.15, -0.1) is 11.3 Å². The Balaban J connectivity index is 1.58. The fraction of sp³-hybridized carbons (Fsp3) is 0.267.